The molecule has 0 aliphatic heterocycles. The summed E-state index contributed by atoms with van der Waals surface area (Å²) in [6.07, 6.45) is 1.13. The third-order valence-corrected chi connectivity index (χ3v) is 2.62. The van der Waals surface area contributed by atoms with E-state index in [9.17, 15) is 9.18 Å². The summed E-state index contributed by atoms with van der Waals surface area (Å²) in [5.74, 6) is -1.17. The molecule has 0 radical (unpaired) electrons. The molecular formula is C12H9ClFNO3. The number of nitrogens with one attached hydrogen (secondary N) is 1. The van der Waals surface area contributed by atoms with E-state index < -0.39 is 11.8 Å². The Kier molecular flexibility index (Phi) is 3.53. The van der Waals surface area contributed by atoms with Crippen LogP contribution in [0.15, 0.2) is 34.9 Å². The fourth-order valence-electron chi connectivity index (χ4n) is 1.43. The van der Waals surface area contributed by atoms with Gasteiger partial charge in [0.2, 0.25) is 0 Å². The smallest absolute Gasteiger partial charge is 0.338 e. The minimum absolute atomic E-state index is 0.0476. The molecule has 94 valence electrons. The van der Waals surface area contributed by atoms with Crippen molar-refractivity contribution in [2.24, 2.45) is 0 Å². The topological polar surface area (TPSA) is 62.5 Å². The van der Waals surface area contributed by atoms with Crippen LogP contribution in [-0.2, 0) is 6.54 Å². The van der Waals surface area contributed by atoms with E-state index in [1.165, 1.54) is 18.2 Å². The number of halogens is 2. The Hall–Kier alpha value is -2.01. The third kappa shape index (κ3) is 2.62. The van der Waals surface area contributed by atoms with Gasteiger partial charge < -0.3 is 14.8 Å². The molecule has 2 aromatic rings. The minimum Gasteiger partial charge on any atom is -0.478 e. The van der Waals surface area contributed by atoms with Crippen molar-refractivity contribution < 1.29 is 18.7 Å². The number of furan rings is 1. The van der Waals surface area contributed by atoms with Crippen LogP contribution in [0.3, 0.4) is 0 Å². The van der Waals surface area contributed by atoms with E-state index in [4.69, 9.17) is 21.1 Å². The first-order valence-corrected chi connectivity index (χ1v) is 5.44. The molecule has 0 saturated heterocycles. The summed E-state index contributed by atoms with van der Waals surface area (Å²) in [5, 5.41) is 11.7. The Balaban J connectivity index is 2.09. The number of rotatable bonds is 4. The highest BCUT2D eigenvalue weighted by molar-refractivity contribution is 6.33. The van der Waals surface area contributed by atoms with Gasteiger partial charge in [0.25, 0.3) is 0 Å². The Bertz CT molecular complexity index is 562. The second-order valence-corrected chi connectivity index (χ2v) is 3.96. The molecule has 0 saturated carbocycles. The van der Waals surface area contributed by atoms with E-state index in [0.29, 0.717) is 5.76 Å². The highest BCUT2D eigenvalue weighted by Gasteiger charge is 2.10. The number of hydrogen-bond donors (Lipinski definition) is 2. The van der Waals surface area contributed by atoms with Crippen LogP contribution in [0.25, 0.3) is 0 Å². The standard InChI is InChI=1S/C12H9ClFNO3/c13-9-2-1-3-10(14)11(9)15-5-8-4-7(6-18-8)12(16)17/h1-4,6,15H,5H2,(H,16,17). The molecule has 2 rings (SSSR count). The molecule has 6 heteroatoms. The summed E-state index contributed by atoms with van der Waals surface area (Å²) < 4.78 is 18.4. The molecule has 0 fully saturated rings. The Morgan fingerprint density at radius 3 is 2.89 bits per heavy atom. The summed E-state index contributed by atoms with van der Waals surface area (Å²) >= 11 is 5.82. The summed E-state index contributed by atoms with van der Waals surface area (Å²) in [6, 6.07) is 5.69. The van der Waals surface area contributed by atoms with Gasteiger partial charge in [0.15, 0.2) is 0 Å². The Morgan fingerprint density at radius 2 is 2.28 bits per heavy atom. The van der Waals surface area contributed by atoms with Crippen LogP contribution in [0, 0.1) is 5.82 Å². The van der Waals surface area contributed by atoms with E-state index in [0.717, 1.165) is 6.26 Å². The lowest BCUT2D eigenvalue weighted by atomic mass is 10.3. The molecule has 0 bridgehead atoms. The zero-order valence-electron chi connectivity index (χ0n) is 9.11. The van der Waals surface area contributed by atoms with Gasteiger partial charge in [0.05, 0.1) is 22.8 Å². The van der Waals surface area contributed by atoms with Gasteiger partial charge in [0, 0.05) is 0 Å². The predicted molar refractivity (Wildman–Crippen MR) is 64.4 cm³/mol. The summed E-state index contributed by atoms with van der Waals surface area (Å²) in [6.45, 7) is 0.147. The molecule has 1 aromatic carbocycles. The van der Waals surface area contributed by atoms with Gasteiger partial charge in [-0.05, 0) is 18.2 Å². The molecule has 0 amide bonds. The number of carboxylic acid groups (broad SMARTS) is 1. The van der Waals surface area contributed by atoms with Gasteiger partial charge in [-0.2, -0.15) is 0 Å². The van der Waals surface area contributed by atoms with Crippen molar-refractivity contribution in [3.63, 3.8) is 0 Å². The largest absolute Gasteiger partial charge is 0.478 e. The SMILES string of the molecule is O=C(O)c1coc(CNc2c(F)cccc2Cl)c1. The van der Waals surface area contributed by atoms with E-state index >= 15 is 0 Å². The highest BCUT2D eigenvalue weighted by atomic mass is 35.5. The minimum atomic E-state index is -1.08. The lowest BCUT2D eigenvalue weighted by Gasteiger charge is -2.07. The number of anilines is 1. The molecule has 0 unspecified atom stereocenters. The van der Waals surface area contributed by atoms with E-state index in [1.807, 2.05) is 0 Å². The second kappa shape index (κ2) is 5.10. The monoisotopic (exact) mass is 269 g/mol. The fraction of sp³-hybridized carbons (Fsp3) is 0.0833. The van der Waals surface area contributed by atoms with Crippen molar-refractivity contribution in [2.45, 2.75) is 6.54 Å². The fourth-order valence-corrected chi connectivity index (χ4v) is 1.66. The summed E-state index contributed by atoms with van der Waals surface area (Å²) in [7, 11) is 0. The van der Waals surface area contributed by atoms with Crippen LogP contribution in [0.2, 0.25) is 5.02 Å². The molecule has 0 spiro atoms. The summed E-state index contributed by atoms with van der Waals surface area (Å²) in [5.41, 5.74) is 0.207. The Morgan fingerprint density at radius 1 is 1.50 bits per heavy atom. The maximum Gasteiger partial charge on any atom is 0.338 e. The lowest BCUT2D eigenvalue weighted by molar-refractivity contribution is 0.0696. The number of para-hydroxylation sites is 1. The highest BCUT2D eigenvalue weighted by Crippen LogP contribution is 2.25. The van der Waals surface area contributed by atoms with Gasteiger partial charge in [-0.25, -0.2) is 9.18 Å². The first kappa shape index (κ1) is 12.4. The van der Waals surface area contributed by atoms with Gasteiger partial charge in [0.1, 0.15) is 17.8 Å². The lowest BCUT2D eigenvalue weighted by Crippen LogP contribution is -2.01. The molecular weight excluding hydrogens is 261 g/mol. The third-order valence-electron chi connectivity index (χ3n) is 2.30. The van der Waals surface area contributed by atoms with Gasteiger partial charge in [-0.15, -0.1) is 0 Å². The van der Waals surface area contributed by atoms with Crippen LogP contribution in [-0.4, -0.2) is 11.1 Å². The molecule has 0 aliphatic rings. The van der Waals surface area contributed by atoms with E-state index in [-0.39, 0.29) is 22.8 Å². The van der Waals surface area contributed by atoms with E-state index in [2.05, 4.69) is 5.32 Å². The maximum absolute atomic E-state index is 13.4. The van der Waals surface area contributed by atoms with Crippen LogP contribution in [0.1, 0.15) is 16.1 Å². The quantitative estimate of drug-likeness (QED) is 0.893. The van der Waals surface area contributed by atoms with Crippen LogP contribution in [0.4, 0.5) is 10.1 Å². The van der Waals surface area contributed by atoms with Crippen molar-refractivity contribution in [1.29, 1.82) is 0 Å². The van der Waals surface area contributed by atoms with Gasteiger partial charge >= 0.3 is 5.97 Å². The number of benzene rings is 1. The van der Waals surface area contributed by atoms with Crippen molar-refractivity contribution in [3.05, 3.63) is 52.7 Å². The number of hydrogen-bond acceptors (Lipinski definition) is 3. The second-order valence-electron chi connectivity index (χ2n) is 3.56. The number of aromatic carboxylic acids is 1. The predicted octanol–water partition coefficient (Wildman–Crippen LogP) is 3.38. The summed E-state index contributed by atoms with van der Waals surface area (Å²) in [4.78, 5) is 10.6. The first-order valence-electron chi connectivity index (χ1n) is 5.06. The van der Waals surface area contributed by atoms with Gasteiger partial charge in [-0.1, -0.05) is 17.7 Å². The average molecular weight is 270 g/mol. The van der Waals surface area contributed by atoms with Crippen molar-refractivity contribution in [3.8, 4) is 0 Å². The molecule has 0 aliphatic carbocycles. The molecule has 2 N–H and O–H groups in total. The average Bonchev–Trinajstić information content (AvgIpc) is 2.77. The zero-order chi connectivity index (χ0) is 13.1. The van der Waals surface area contributed by atoms with E-state index in [1.54, 1.807) is 6.07 Å². The normalized spacial score (nSPS) is 10.3. The van der Waals surface area contributed by atoms with Crippen LogP contribution in [0.5, 0.6) is 0 Å². The van der Waals surface area contributed by atoms with Gasteiger partial charge in [-0.3, -0.25) is 0 Å². The maximum atomic E-state index is 13.4. The first-order chi connectivity index (χ1) is 8.58. The van der Waals surface area contributed by atoms with Crippen molar-refractivity contribution in [2.75, 3.05) is 5.32 Å². The van der Waals surface area contributed by atoms with Crippen LogP contribution < -0.4 is 5.32 Å². The van der Waals surface area contributed by atoms with Crippen molar-refractivity contribution in [1.82, 2.24) is 0 Å². The molecule has 1 heterocycles. The molecule has 4 nitrogen and oxygen atoms in total. The zero-order valence-corrected chi connectivity index (χ0v) is 9.87. The molecule has 1 aromatic heterocycles. The molecule has 0 atom stereocenters. The Labute approximate surface area is 107 Å². The number of carboxylic acids is 1. The van der Waals surface area contributed by atoms with Crippen LogP contribution >= 0.6 is 11.6 Å². The number of carbonyl (C=O) groups is 1. The molecule has 18 heavy (non-hydrogen) atoms. The van der Waals surface area contributed by atoms with Crippen molar-refractivity contribution >= 4 is 23.3 Å².